The topological polar surface area (TPSA) is 51.6 Å². The lowest BCUT2D eigenvalue weighted by molar-refractivity contribution is 1.36. The first kappa shape index (κ1) is 26.2. The summed E-state index contributed by atoms with van der Waals surface area (Å²) in [5.74, 6) is 0. The molecule has 5 aromatic carbocycles. The third-order valence-corrected chi connectivity index (χ3v) is 8.67. The second-order valence-electron chi connectivity index (χ2n) is 11.6. The van der Waals surface area contributed by atoms with Crippen LogP contribution in [0.5, 0.6) is 0 Å². The molecule has 0 spiro atoms. The van der Waals surface area contributed by atoms with E-state index in [4.69, 9.17) is 15.0 Å². The number of hydrogen-bond acceptors (Lipinski definition) is 4. The van der Waals surface area contributed by atoms with Crippen LogP contribution in [0.4, 0.5) is 0 Å². The van der Waals surface area contributed by atoms with Gasteiger partial charge in [-0.3, -0.25) is 4.98 Å². The fraction of sp³-hybridized carbons (Fsp3) is 0. The standard InChI is InChI=1S/C42H26N4/c1-2-6-27(7-3-1)36-21-16-34-24-30(14-19-38(34)44-36)31-15-20-39-35(25-31)17-22-37(45-39)32-8-4-9-33(26-32)40-18-13-29-12-11-28-10-5-23-43-41(28)42(29)46-40/h1-26H. The van der Waals surface area contributed by atoms with Gasteiger partial charge in [0.25, 0.3) is 0 Å². The Morgan fingerprint density at radius 3 is 1.52 bits per heavy atom. The molecule has 4 nitrogen and oxygen atoms in total. The van der Waals surface area contributed by atoms with Crippen LogP contribution in [0.25, 0.3) is 88.5 Å². The maximum absolute atomic E-state index is 5.05. The first-order valence-corrected chi connectivity index (χ1v) is 15.4. The zero-order valence-electron chi connectivity index (χ0n) is 24.8. The van der Waals surface area contributed by atoms with Gasteiger partial charge in [0.2, 0.25) is 0 Å². The molecule has 0 amide bonds. The van der Waals surface area contributed by atoms with Crippen molar-refractivity contribution >= 4 is 43.6 Å². The van der Waals surface area contributed by atoms with Crippen LogP contribution in [0.2, 0.25) is 0 Å². The average Bonchev–Trinajstić information content (AvgIpc) is 3.14. The van der Waals surface area contributed by atoms with Crippen LogP contribution in [-0.2, 0) is 0 Å². The van der Waals surface area contributed by atoms with E-state index in [0.717, 1.165) is 88.5 Å². The predicted octanol–water partition coefficient (Wildman–Crippen LogP) is 10.5. The molecule has 9 rings (SSSR count). The number of rotatable bonds is 4. The summed E-state index contributed by atoms with van der Waals surface area (Å²) in [5, 5.41) is 4.40. The molecule has 0 radical (unpaired) electrons. The van der Waals surface area contributed by atoms with Gasteiger partial charge >= 0.3 is 0 Å². The maximum atomic E-state index is 5.05. The van der Waals surface area contributed by atoms with Crippen molar-refractivity contribution in [3.8, 4) is 44.9 Å². The van der Waals surface area contributed by atoms with Crippen molar-refractivity contribution in [3.05, 3.63) is 158 Å². The average molecular weight is 587 g/mol. The minimum atomic E-state index is 0.916. The summed E-state index contributed by atoms with van der Waals surface area (Å²) in [6.45, 7) is 0. The molecule has 0 aliphatic rings. The smallest absolute Gasteiger partial charge is 0.0972 e. The minimum Gasteiger partial charge on any atom is -0.254 e. The Hall–Kier alpha value is -6.26. The predicted molar refractivity (Wildman–Crippen MR) is 189 cm³/mol. The van der Waals surface area contributed by atoms with E-state index >= 15 is 0 Å². The van der Waals surface area contributed by atoms with E-state index in [-0.39, 0.29) is 0 Å². The van der Waals surface area contributed by atoms with Gasteiger partial charge < -0.3 is 0 Å². The van der Waals surface area contributed by atoms with Crippen molar-refractivity contribution in [3.63, 3.8) is 0 Å². The highest BCUT2D eigenvalue weighted by molar-refractivity contribution is 6.03. The first-order chi connectivity index (χ1) is 22.7. The lowest BCUT2D eigenvalue weighted by Gasteiger charge is -2.09. The summed E-state index contributed by atoms with van der Waals surface area (Å²) in [6, 6.07) is 52.7. The molecule has 4 heteroatoms. The van der Waals surface area contributed by atoms with Crippen LogP contribution in [0.1, 0.15) is 0 Å². The Bertz CT molecular complexity index is 2590. The molecule has 9 aromatic rings. The van der Waals surface area contributed by atoms with Crippen LogP contribution in [0, 0.1) is 0 Å². The molecule has 46 heavy (non-hydrogen) atoms. The van der Waals surface area contributed by atoms with E-state index in [0.29, 0.717) is 0 Å². The summed E-state index contributed by atoms with van der Waals surface area (Å²) in [7, 11) is 0. The number of hydrogen-bond donors (Lipinski definition) is 0. The Labute approximate surface area is 265 Å². The molecule has 4 heterocycles. The van der Waals surface area contributed by atoms with E-state index in [1.165, 1.54) is 0 Å². The van der Waals surface area contributed by atoms with Crippen molar-refractivity contribution in [2.45, 2.75) is 0 Å². The summed E-state index contributed by atoms with van der Waals surface area (Å²) in [5.41, 5.74) is 12.2. The summed E-state index contributed by atoms with van der Waals surface area (Å²) < 4.78 is 0. The van der Waals surface area contributed by atoms with Crippen molar-refractivity contribution in [2.24, 2.45) is 0 Å². The molecule has 0 aliphatic heterocycles. The second-order valence-corrected chi connectivity index (χ2v) is 11.6. The fourth-order valence-corrected chi connectivity index (χ4v) is 6.26. The van der Waals surface area contributed by atoms with Crippen LogP contribution in [0.3, 0.4) is 0 Å². The van der Waals surface area contributed by atoms with Crippen molar-refractivity contribution in [1.29, 1.82) is 0 Å². The van der Waals surface area contributed by atoms with Crippen LogP contribution in [-0.4, -0.2) is 19.9 Å². The molecule has 0 bridgehead atoms. The van der Waals surface area contributed by atoms with E-state index in [9.17, 15) is 0 Å². The van der Waals surface area contributed by atoms with E-state index in [1.54, 1.807) is 0 Å². The number of fused-ring (bicyclic) bond motifs is 5. The van der Waals surface area contributed by atoms with Crippen molar-refractivity contribution in [2.75, 3.05) is 0 Å². The molecule has 0 unspecified atom stereocenters. The Morgan fingerprint density at radius 1 is 0.304 bits per heavy atom. The van der Waals surface area contributed by atoms with Crippen molar-refractivity contribution < 1.29 is 0 Å². The number of aromatic nitrogens is 4. The number of nitrogens with zero attached hydrogens (tertiary/aromatic N) is 4. The van der Waals surface area contributed by atoms with Gasteiger partial charge in [-0.1, -0.05) is 97.1 Å². The Morgan fingerprint density at radius 2 is 0.848 bits per heavy atom. The van der Waals surface area contributed by atoms with Gasteiger partial charge in [-0.15, -0.1) is 0 Å². The minimum absolute atomic E-state index is 0.916. The second kappa shape index (κ2) is 10.7. The lowest BCUT2D eigenvalue weighted by Crippen LogP contribution is -1.90. The Balaban J connectivity index is 1.03. The van der Waals surface area contributed by atoms with Gasteiger partial charge in [-0.2, -0.15) is 0 Å². The molecule has 0 atom stereocenters. The summed E-state index contributed by atoms with van der Waals surface area (Å²) in [6.07, 6.45) is 1.83. The summed E-state index contributed by atoms with van der Waals surface area (Å²) in [4.78, 5) is 19.6. The van der Waals surface area contributed by atoms with Gasteiger partial charge in [0.15, 0.2) is 0 Å². The molecule has 0 N–H and O–H groups in total. The SMILES string of the molecule is c1ccc(-c2ccc3cc(-c4ccc5nc(-c6cccc(-c7ccc8ccc9cccnc9c8n7)c6)ccc5c4)ccc3n2)cc1. The molecular weight excluding hydrogens is 560 g/mol. The van der Waals surface area contributed by atoms with Crippen LogP contribution in [0.15, 0.2) is 158 Å². The zero-order valence-corrected chi connectivity index (χ0v) is 24.8. The quantitative estimate of drug-likeness (QED) is 0.193. The molecule has 0 aliphatic carbocycles. The van der Waals surface area contributed by atoms with Gasteiger partial charge in [-0.25, -0.2) is 15.0 Å². The number of benzene rings is 5. The fourth-order valence-electron chi connectivity index (χ4n) is 6.26. The highest BCUT2D eigenvalue weighted by Gasteiger charge is 2.10. The third-order valence-electron chi connectivity index (χ3n) is 8.67. The molecule has 0 saturated carbocycles. The molecule has 214 valence electrons. The van der Waals surface area contributed by atoms with Gasteiger partial charge in [0.1, 0.15) is 0 Å². The monoisotopic (exact) mass is 586 g/mol. The highest BCUT2D eigenvalue weighted by atomic mass is 14.8. The summed E-state index contributed by atoms with van der Waals surface area (Å²) >= 11 is 0. The molecule has 0 fully saturated rings. The van der Waals surface area contributed by atoms with Gasteiger partial charge in [0, 0.05) is 44.4 Å². The van der Waals surface area contributed by atoms with Crippen LogP contribution >= 0.6 is 0 Å². The van der Waals surface area contributed by atoms with E-state index in [2.05, 4.69) is 132 Å². The lowest BCUT2D eigenvalue weighted by atomic mass is 10.00. The molecular formula is C42H26N4. The van der Waals surface area contributed by atoms with Gasteiger partial charge in [-0.05, 0) is 65.7 Å². The van der Waals surface area contributed by atoms with Gasteiger partial charge in [0.05, 0.1) is 39.1 Å². The maximum Gasteiger partial charge on any atom is 0.0972 e. The van der Waals surface area contributed by atoms with Crippen LogP contribution < -0.4 is 0 Å². The largest absolute Gasteiger partial charge is 0.254 e. The first-order valence-electron chi connectivity index (χ1n) is 15.4. The van der Waals surface area contributed by atoms with E-state index < -0.39 is 0 Å². The highest BCUT2D eigenvalue weighted by Crippen LogP contribution is 2.31. The molecule has 0 saturated heterocycles. The molecule has 4 aromatic heterocycles. The zero-order chi connectivity index (χ0) is 30.5. The van der Waals surface area contributed by atoms with E-state index in [1.807, 2.05) is 30.5 Å². The number of pyridine rings is 4. The van der Waals surface area contributed by atoms with Crippen molar-refractivity contribution in [1.82, 2.24) is 19.9 Å². The normalized spacial score (nSPS) is 11.5. The Kier molecular flexibility index (Phi) is 6.10. The third kappa shape index (κ3) is 4.64.